The maximum atomic E-state index is 10.9. The first-order chi connectivity index (χ1) is 10.6. The van der Waals surface area contributed by atoms with Gasteiger partial charge in [0.2, 0.25) is 0 Å². The normalized spacial score (nSPS) is 11.9. The lowest BCUT2D eigenvalue weighted by molar-refractivity contribution is -0.132. The number of aliphatic carboxylic acids is 1. The minimum Gasteiger partial charge on any atom is -0.497 e. The molecule has 1 aromatic rings. The number of rotatable bonds is 8. The highest BCUT2D eigenvalue weighted by Gasteiger charge is 2.06. The van der Waals surface area contributed by atoms with Crippen molar-refractivity contribution in [3.05, 3.63) is 47.6 Å². The van der Waals surface area contributed by atoms with Crippen LogP contribution in [0.4, 0.5) is 0 Å². The number of allylic oxidation sites excluding steroid dienone is 3. The molecule has 0 saturated heterocycles. The standard InChI is InChI=1S/C18H21NO3/c1-3-4-5-6-14(7-8-16(13-19)18(20)21)15-9-11-17(22-2)12-10-15/h7-12H,3-6H2,1-2H3,(H,20,21). The molecule has 116 valence electrons. The van der Waals surface area contributed by atoms with Gasteiger partial charge in [0, 0.05) is 0 Å². The Balaban J connectivity index is 3.05. The van der Waals surface area contributed by atoms with Gasteiger partial charge in [-0.3, -0.25) is 0 Å². The van der Waals surface area contributed by atoms with E-state index in [9.17, 15) is 4.79 Å². The van der Waals surface area contributed by atoms with Crippen LogP contribution in [0, 0.1) is 11.3 Å². The number of nitrogens with zero attached hydrogens (tertiary/aromatic N) is 1. The number of carbonyl (C=O) groups is 1. The quantitative estimate of drug-likeness (QED) is 0.338. The summed E-state index contributed by atoms with van der Waals surface area (Å²) in [5.41, 5.74) is 1.77. The summed E-state index contributed by atoms with van der Waals surface area (Å²) in [7, 11) is 1.61. The fraction of sp³-hybridized carbons (Fsp3) is 0.333. The Morgan fingerprint density at radius 3 is 2.45 bits per heavy atom. The predicted molar refractivity (Wildman–Crippen MR) is 86.4 cm³/mol. The van der Waals surface area contributed by atoms with Crippen LogP contribution in [0.1, 0.15) is 38.2 Å². The zero-order valence-electron chi connectivity index (χ0n) is 13.0. The summed E-state index contributed by atoms with van der Waals surface area (Å²) in [6.07, 6.45) is 7.19. The van der Waals surface area contributed by atoms with Crippen molar-refractivity contribution < 1.29 is 14.6 Å². The van der Waals surface area contributed by atoms with Gasteiger partial charge in [0.25, 0.3) is 0 Å². The van der Waals surface area contributed by atoms with E-state index in [1.807, 2.05) is 24.3 Å². The number of hydrogen-bond acceptors (Lipinski definition) is 3. The van der Waals surface area contributed by atoms with Crippen molar-refractivity contribution in [1.82, 2.24) is 0 Å². The van der Waals surface area contributed by atoms with Gasteiger partial charge in [-0.05, 0) is 42.2 Å². The lowest BCUT2D eigenvalue weighted by Crippen LogP contribution is -1.97. The summed E-state index contributed by atoms with van der Waals surface area (Å²) in [4.78, 5) is 10.9. The van der Waals surface area contributed by atoms with Crippen LogP contribution in [0.5, 0.6) is 5.75 Å². The lowest BCUT2D eigenvalue weighted by Gasteiger charge is -2.08. The van der Waals surface area contributed by atoms with Gasteiger partial charge in [-0.2, -0.15) is 5.26 Å². The van der Waals surface area contributed by atoms with Gasteiger partial charge in [-0.15, -0.1) is 0 Å². The highest BCUT2D eigenvalue weighted by Crippen LogP contribution is 2.24. The van der Waals surface area contributed by atoms with Crippen molar-refractivity contribution in [3.8, 4) is 11.8 Å². The fourth-order valence-corrected chi connectivity index (χ4v) is 2.03. The molecule has 4 nitrogen and oxygen atoms in total. The van der Waals surface area contributed by atoms with Crippen molar-refractivity contribution in [2.24, 2.45) is 0 Å². The van der Waals surface area contributed by atoms with E-state index in [1.54, 1.807) is 19.3 Å². The molecule has 0 saturated carbocycles. The molecule has 0 aromatic heterocycles. The van der Waals surface area contributed by atoms with Gasteiger partial charge >= 0.3 is 5.97 Å². The average Bonchev–Trinajstić information content (AvgIpc) is 2.53. The van der Waals surface area contributed by atoms with E-state index in [0.29, 0.717) is 0 Å². The first-order valence-electron chi connectivity index (χ1n) is 7.31. The zero-order valence-corrected chi connectivity index (χ0v) is 13.0. The molecule has 0 aliphatic rings. The molecule has 0 aliphatic heterocycles. The second-order valence-electron chi connectivity index (χ2n) is 4.87. The van der Waals surface area contributed by atoms with E-state index in [4.69, 9.17) is 15.1 Å². The number of nitriles is 1. The average molecular weight is 299 g/mol. The van der Waals surface area contributed by atoms with Crippen LogP contribution in [0.25, 0.3) is 5.57 Å². The van der Waals surface area contributed by atoms with Crippen LogP contribution in [0.3, 0.4) is 0 Å². The second kappa shape index (κ2) is 9.41. The Morgan fingerprint density at radius 1 is 1.27 bits per heavy atom. The summed E-state index contributed by atoms with van der Waals surface area (Å²) in [6.45, 7) is 2.13. The molecular formula is C18H21NO3. The number of unbranched alkanes of at least 4 members (excludes halogenated alkanes) is 2. The van der Waals surface area contributed by atoms with Crippen molar-refractivity contribution in [2.45, 2.75) is 32.6 Å². The smallest absolute Gasteiger partial charge is 0.346 e. The number of carboxylic acids is 1. The Labute approximate surface area is 131 Å². The van der Waals surface area contributed by atoms with Crippen molar-refractivity contribution >= 4 is 11.5 Å². The van der Waals surface area contributed by atoms with Crippen LogP contribution in [0.2, 0.25) is 0 Å². The van der Waals surface area contributed by atoms with Crippen molar-refractivity contribution in [1.29, 1.82) is 5.26 Å². The molecule has 0 radical (unpaired) electrons. The van der Waals surface area contributed by atoms with E-state index in [-0.39, 0.29) is 5.57 Å². The molecule has 0 fully saturated rings. The highest BCUT2D eigenvalue weighted by atomic mass is 16.5. The maximum Gasteiger partial charge on any atom is 0.346 e. The molecule has 0 heterocycles. The molecular weight excluding hydrogens is 278 g/mol. The summed E-state index contributed by atoms with van der Waals surface area (Å²) in [5.74, 6) is -0.433. The molecule has 1 rings (SSSR count). The molecule has 4 heteroatoms. The van der Waals surface area contributed by atoms with Crippen LogP contribution >= 0.6 is 0 Å². The number of hydrogen-bond donors (Lipinski definition) is 1. The van der Waals surface area contributed by atoms with Gasteiger partial charge in [0.15, 0.2) is 0 Å². The zero-order chi connectivity index (χ0) is 16.4. The molecule has 0 unspecified atom stereocenters. The van der Waals surface area contributed by atoms with Gasteiger partial charge in [0.1, 0.15) is 17.4 Å². The van der Waals surface area contributed by atoms with Crippen LogP contribution in [0.15, 0.2) is 42.0 Å². The van der Waals surface area contributed by atoms with Crippen LogP contribution in [-0.4, -0.2) is 18.2 Å². The fourth-order valence-electron chi connectivity index (χ4n) is 2.03. The van der Waals surface area contributed by atoms with Crippen molar-refractivity contribution in [3.63, 3.8) is 0 Å². The van der Waals surface area contributed by atoms with E-state index in [1.165, 1.54) is 6.08 Å². The second-order valence-corrected chi connectivity index (χ2v) is 4.87. The topological polar surface area (TPSA) is 70.3 Å². The SMILES string of the molecule is CCCCCC(=CC=C(C#N)C(=O)O)c1ccc(OC)cc1. The molecule has 1 aromatic carbocycles. The Kier molecular flexibility index (Phi) is 7.49. The van der Waals surface area contributed by atoms with E-state index in [2.05, 4.69) is 6.92 Å². The third-order valence-corrected chi connectivity index (χ3v) is 3.31. The predicted octanol–water partition coefficient (Wildman–Crippen LogP) is 4.19. The van der Waals surface area contributed by atoms with E-state index < -0.39 is 5.97 Å². The molecule has 0 atom stereocenters. The maximum absolute atomic E-state index is 10.9. The molecule has 22 heavy (non-hydrogen) atoms. The summed E-state index contributed by atoms with van der Waals surface area (Å²) < 4.78 is 5.14. The Morgan fingerprint density at radius 2 is 1.95 bits per heavy atom. The van der Waals surface area contributed by atoms with Crippen molar-refractivity contribution in [2.75, 3.05) is 7.11 Å². The van der Waals surface area contributed by atoms with Gasteiger partial charge < -0.3 is 9.84 Å². The minimum atomic E-state index is -1.21. The minimum absolute atomic E-state index is 0.262. The number of carboxylic acid groups (broad SMARTS) is 1. The molecule has 0 amide bonds. The molecule has 0 aliphatic carbocycles. The molecule has 0 bridgehead atoms. The summed E-state index contributed by atoms with van der Waals surface area (Å²) >= 11 is 0. The summed E-state index contributed by atoms with van der Waals surface area (Å²) in [5, 5.41) is 17.7. The molecule has 1 N–H and O–H groups in total. The van der Waals surface area contributed by atoms with Crippen LogP contribution < -0.4 is 4.74 Å². The van der Waals surface area contributed by atoms with E-state index in [0.717, 1.165) is 42.6 Å². The Hall–Kier alpha value is -2.54. The largest absolute Gasteiger partial charge is 0.497 e. The monoisotopic (exact) mass is 299 g/mol. The van der Waals surface area contributed by atoms with Gasteiger partial charge in [-0.1, -0.05) is 38.0 Å². The first-order valence-corrected chi connectivity index (χ1v) is 7.31. The van der Waals surface area contributed by atoms with E-state index >= 15 is 0 Å². The third-order valence-electron chi connectivity index (χ3n) is 3.31. The highest BCUT2D eigenvalue weighted by molar-refractivity contribution is 5.91. The number of benzene rings is 1. The lowest BCUT2D eigenvalue weighted by atomic mass is 9.98. The third kappa shape index (κ3) is 5.45. The van der Waals surface area contributed by atoms with Gasteiger partial charge in [-0.25, -0.2) is 4.79 Å². The Bertz CT molecular complexity index is 592. The van der Waals surface area contributed by atoms with Crippen LogP contribution in [-0.2, 0) is 4.79 Å². The number of ether oxygens (including phenoxy) is 1. The van der Waals surface area contributed by atoms with Gasteiger partial charge in [0.05, 0.1) is 7.11 Å². The number of methoxy groups -OCH3 is 1. The molecule has 0 spiro atoms. The first kappa shape index (κ1) is 17.5. The summed E-state index contributed by atoms with van der Waals surface area (Å²) in [6, 6.07) is 9.31.